The topological polar surface area (TPSA) is 134 Å². The Balaban J connectivity index is 3.01. The first-order chi connectivity index (χ1) is 7.17. The number of phosphoric ester groups is 2. The maximum atomic E-state index is 10.5. The first kappa shape index (κ1) is 13.2. The first-order valence-corrected chi connectivity index (χ1v) is 6.83. The maximum Gasteiger partial charge on any atom is 0.524 e. The van der Waals surface area contributed by atoms with Crippen LogP contribution < -0.4 is 9.05 Å². The molecule has 0 aromatic heterocycles. The highest BCUT2D eigenvalue weighted by Gasteiger charge is 2.23. The van der Waals surface area contributed by atoms with Gasteiger partial charge in [-0.25, -0.2) is 9.13 Å². The molecule has 0 aliphatic carbocycles. The summed E-state index contributed by atoms with van der Waals surface area (Å²) in [4.78, 5) is 34.1. The summed E-state index contributed by atoms with van der Waals surface area (Å²) in [6, 6.07) is 4.92. The monoisotopic (exact) mass is 270 g/mol. The molecule has 0 aliphatic rings. The number of phosphoric acid groups is 2. The van der Waals surface area contributed by atoms with E-state index in [1.165, 1.54) is 12.1 Å². The molecule has 0 atom stereocenters. The second-order valence-corrected chi connectivity index (χ2v) is 4.94. The third kappa shape index (κ3) is 4.76. The van der Waals surface area contributed by atoms with Crippen molar-refractivity contribution >= 4 is 15.6 Å². The van der Waals surface area contributed by atoms with Crippen molar-refractivity contribution in [3.05, 3.63) is 24.3 Å². The minimum absolute atomic E-state index is 0.459. The normalized spacial score (nSPS) is 12.2. The van der Waals surface area contributed by atoms with E-state index >= 15 is 0 Å². The lowest BCUT2D eigenvalue weighted by molar-refractivity contribution is 0.263. The standard InChI is InChI=1S/C6H8O8P2/c7-15(8,9)13-5-3-1-2-4-6(5)14-16(10,11)12/h1-4H,(H2,7,8,9)(H2,10,11,12). The van der Waals surface area contributed by atoms with Gasteiger partial charge in [0.2, 0.25) is 0 Å². The van der Waals surface area contributed by atoms with Crippen molar-refractivity contribution < 1.29 is 37.8 Å². The van der Waals surface area contributed by atoms with Crippen LogP contribution in [0.2, 0.25) is 0 Å². The molecule has 0 radical (unpaired) electrons. The van der Waals surface area contributed by atoms with Crippen molar-refractivity contribution in [3.8, 4) is 11.5 Å². The molecule has 1 aromatic rings. The predicted octanol–water partition coefficient (Wildman–Crippen LogP) is 0.630. The fourth-order valence-corrected chi connectivity index (χ4v) is 1.67. The fraction of sp³-hybridized carbons (Fsp3) is 0. The minimum Gasteiger partial charge on any atom is -0.400 e. The van der Waals surface area contributed by atoms with E-state index in [9.17, 15) is 9.13 Å². The van der Waals surface area contributed by atoms with Gasteiger partial charge in [0.05, 0.1) is 0 Å². The van der Waals surface area contributed by atoms with Crippen LogP contribution in [0.3, 0.4) is 0 Å². The van der Waals surface area contributed by atoms with Gasteiger partial charge in [-0.05, 0) is 12.1 Å². The number of hydrogen-bond donors (Lipinski definition) is 4. The molecule has 0 unspecified atom stereocenters. The van der Waals surface area contributed by atoms with Crippen molar-refractivity contribution in [1.82, 2.24) is 0 Å². The van der Waals surface area contributed by atoms with E-state index < -0.39 is 27.1 Å². The number of rotatable bonds is 4. The molecular formula is C6H8O8P2. The number of para-hydroxylation sites is 2. The Bertz CT molecular complexity index is 416. The van der Waals surface area contributed by atoms with E-state index in [4.69, 9.17) is 19.6 Å². The first-order valence-electron chi connectivity index (χ1n) is 3.77. The zero-order valence-corrected chi connectivity index (χ0v) is 9.41. The van der Waals surface area contributed by atoms with Crippen LogP contribution in [0, 0.1) is 0 Å². The average molecular weight is 270 g/mol. The molecular weight excluding hydrogens is 262 g/mol. The third-order valence-corrected chi connectivity index (χ3v) is 2.15. The van der Waals surface area contributed by atoms with Crippen LogP contribution in [0.4, 0.5) is 0 Å². The quantitative estimate of drug-likeness (QED) is 0.585. The lowest BCUT2D eigenvalue weighted by Gasteiger charge is -2.12. The maximum absolute atomic E-state index is 10.5. The summed E-state index contributed by atoms with van der Waals surface area (Å²) in [5, 5.41) is 0. The van der Waals surface area contributed by atoms with E-state index in [2.05, 4.69) is 9.05 Å². The molecule has 0 fully saturated rings. The third-order valence-electron chi connectivity index (χ3n) is 1.28. The molecule has 4 N–H and O–H groups in total. The van der Waals surface area contributed by atoms with Crippen molar-refractivity contribution in [3.63, 3.8) is 0 Å². The highest BCUT2D eigenvalue weighted by molar-refractivity contribution is 7.47. The molecule has 8 nitrogen and oxygen atoms in total. The SMILES string of the molecule is O=P(O)(O)Oc1ccccc1OP(=O)(O)O. The zero-order valence-electron chi connectivity index (χ0n) is 7.63. The summed E-state index contributed by atoms with van der Waals surface area (Å²) in [5.41, 5.74) is 0. The Morgan fingerprint density at radius 2 is 1.12 bits per heavy atom. The number of benzene rings is 1. The van der Waals surface area contributed by atoms with Crippen LogP contribution in [0.15, 0.2) is 24.3 Å². The Hall–Kier alpha value is -0.880. The molecule has 0 heterocycles. The van der Waals surface area contributed by atoms with Gasteiger partial charge in [0.1, 0.15) is 0 Å². The zero-order chi connectivity index (χ0) is 12.4. The van der Waals surface area contributed by atoms with Crippen LogP contribution in [-0.2, 0) is 9.13 Å². The van der Waals surface area contributed by atoms with Gasteiger partial charge in [-0.1, -0.05) is 12.1 Å². The van der Waals surface area contributed by atoms with Gasteiger partial charge >= 0.3 is 15.6 Å². The fourth-order valence-electron chi connectivity index (χ4n) is 0.857. The van der Waals surface area contributed by atoms with Gasteiger partial charge in [-0.15, -0.1) is 0 Å². The number of hydrogen-bond acceptors (Lipinski definition) is 4. The van der Waals surface area contributed by atoms with Gasteiger partial charge in [0, 0.05) is 0 Å². The summed E-state index contributed by atoms with van der Waals surface area (Å²) in [7, 11) is -9.63. The second kappa shape index (κ2) is 4.55. The molecule has 16 heavy (non-hydrogen) atoms. The molecule has 1 rings (SSSR count). The van der Waals surface area contributed by atoms with Crippen molar-refractivity contribution in [1.29, 1.82) is 0 Å². The van der Waals surface area contributed by atoms with E-state index in [0.29, 0.717) is 0 Å². The molecule has 0 amide bonds. The summed E-state index contributed by atoms with van der Waals surface area (Å²) in [5.74, 6) is -0.918. The average Bonchev–Trinajstić information content (AvgIpc) is 2.03. The van der Waals surface area contributed by atoms with Crippen molar-refractivity contribution in [2.45, 2.75) is 0 Å². The molecule has 0 aliphatic heterocycles. The molecule has 10 heteroatoms. The van der Waals surface area contributed by atoms with Gasteiger partial charge in [0.15, 0.2) is 11.5 Å². The van der Waals surface area contributed by atoms with Crippen LogP contribution in [-0.4, -0.2) is 19.6 Å². The lowest BCUT2D eigenvalue weighted by Crippen LogP contribution is -1.95. The Morgan fingerprint density at radius 3 is 1.38 bits per heavy atom. The largest absolute Gasteiger partial charge is 0.524 e. The lowest BCUT2D eigenvalue weighted by atomic mass is 10.3. The molecule has 0 bridgehead atoms. The summed E-state index contributed by atoms with van der Waals surface area (Å²) >= 11 is 0. The molecule has 1 aromatic carbocycles. The van der Waals surface area contributed by atoms with Crippen molar-refractivity contribution in [2.75, 3.05) is 0 Å². The minimum atomic E-state index is -4.81. The smallest absolute Gasteiger partial charge is 0.400 e. The Morgan fingerprint density at radius 1 is 0.812 bits per heavy atom. The van der Waals surface area contributed by atoms with Crippen LogP contribution in [0.25, 0.3) is 0 Å². The van der Waals surface area contributed by atoms with Gasteiger partial charge in [0.25, 0.3) is 0 Å². The highest BCUT2D eigenvalue weighted by Crippen LogP contribution is 2.46. The summed E-state index contributed by atoms with van der Waals surface area (Å²) in [6.45, 7) is 0. The summed E-state index contributed by atoms with van der Waals surface area (Å²) < 4.78 is 29.4. The Labute approximate surface area is 89.9 Å². The van der Waals surface area contributed by atoms with Crippen LogP contribution in [0.5, 0.6) is 11.5 Å². The van der Waals surface area contributed by atoms with E-state index in [1.807, 2.05) is 0 Å². The van der Waals surface area contributed by atoms with Gasteiger partial charge in [-0.2, -0.15) is 0 Å². The summed E-state index contributed by atoms with van der Waals surface area (Å²) in [6.07, 6.45) is 0. The molecule has 0 saturated carbocycles. The predicted molar refractivity (Wildman–Crippen MR) is 51.8 cm³/mol. The second-order valence-electron chi connectivity index (χ2n) is 2.61. The highest BCUT2D eigenvalue weighted by atomic mass is 31.2. The van der Waals surface area contributed by atoms with E-state index in [1.54, 1.807) is 0 Å². The molecule has 0 saturated heterocycles. The van der Waals surface area contributed by atoms with Crippen molar-refractivity contribution in [2.24, 2.45) is 0 Å². The molecule has 90 valence electrons. The van der Waals surface area contributed by atoms with Crippen LogP contribution in [0.1, 0.15) is 0 Å². The van der Waals surface area contributed by atoms with E-state index in [0.717, 1.165) is 12.1 Å². The molecule has 0 spiro atoms. The van der Waals surface area contributed by atoms with E-state index in [-0.39, 0.29) is 0 Å². The van der Waals surface area contributed by atoms with Gasteiger partial charge in [-0.3, -0.25) is 19.6 Å². The van der Waals surface area contributed by atoms with Crippen LogP contribution >= 0.6 is 15.6 Å². The van der Waals surface area contributed by atoms with Gasteiger partial charge < -0.3 is 9.05 Å². The Kier molecular flexibility index (Phi) is 3.75.